The molecule has 0 aromatic heterocycles. The van der Waals surface area contributed by atoms with Crippen LogP contribution in [-0.2, 0) is 4.79 Å². The molecule has 0 bridgehead atoms. The number of carbonyl (C=O) groups is 2. The molecule has 1 aromatic carbocycles. The van der Waals surface area contributed by atoms with Gasteiger partial charge in [0, 0.05) is 4.47 Å². The Morgan fingerprint density at radius 2 is 2.00 bits per heavy atom. The Morgan fingerprint density at radius 1 is 1.39 bits per heavy atom. The van der Waals surface area contributed by atoms with Gasteiger partial charge in [0.2, 0.25) is 0 Å². The molecule has 0 fully saturated rings. The Morgan fingerprint density at radius 3 is 2.50 bits per heavy atom. The van der Waals surface area contributed by atoms with Crippen molar-refractivity contribution in [2.75, 3.05) is 0 Å². The van der Waals surface area contributed by atoms with E-state index in [9.17, 15) is 19.8 Å². The molecular weight excluding hydrogens is 306 g/mol. The van der Waals surface area contributed by atoms with Crippen LogP contribution >= 0.6 is 15.9 Å². The summed E-state index contributed by atoms with van der Waals surface area (Å²) in [6, 6.07) is 2.76. The third kappa shape index (κ3) is 3.44. The van der Waals surface area contributed by atoms with E-state index in [1.165, 1.54) is 25.1 Å². The second-order valence-electron chi connectivity index (χ2n) is 3.69. The Labute approximate surface area is 111 Å². The van der Waals surface area contributed by atoms with Crippen molar-refractivity contribution < 1.29 is 24.9 Å². The number of aliphatic carboxylic acids is 1. The highest BCUT2D eigenvalue weighted by atomic mass is 79.9. The van der Waals surface area contributed by atoms with E-state index in [0.717, 1.165) is 0 Å². The predicted molar refractivity (Wildman–Crippen MR) is 66.4 cm³/mol. The van der Waals surface area contributed by atoms with Crippen molar-refractivity contribution in [3.8, 4) is 5.75 Å². The van der Waals surface area contributed by atoms with E-state index in [1.807, 2.05) is 0 Å². The summed E-state index contributed by atoms with van der Waals surface area (Å²) in [5.74, 6) is -2.40. The second kappa shape index (κ2) is 5.83. The van der Waals surface area contributed by atoms with Crippen molar-refractivity contribution in [2.45, 2.75) is 19.1 Å². The lowest BCUT2D eigenvalue weighted by Crippen LogP contribution is -2.47. The highest BCUT2D eigenvalue weighted by Gasteiger charge is 2.26. The summed E-state index contributed by atoms with van der Waals surface area (Å²) in [6.07, 6.45) is -1.25. The van der Waals surface area contributed by atoms with Gasteiger partial charge in [0.25, 0.3) is 5.91 Å². The van der Waals surface area contributed by atoms with Crippen LogP contribution in [0, 0.1) is 0 Å². The van der Waals surface area contributed by atoms with Crippen LogP contribution in [0.15, 0.2) is 22.7 Å². The number of carboxylic acid groups (broad SMARTS) is 1. The van der Waals surface area contributed by atoms with Gasteiger partial charge in [-0.1, -0.05) is 15.9 Å². The fourth-order valence-corrected chi connectivity index (χ4v) is 1.66. The minimum Gasteiger partial charge on any atom is -0.507 e. The SMILES string of the molecule is CC(O)C(NC(=O)c1cc(Br)ccc1O)C(=O)O. The number of benzene rings is 1. The quantitative estimate of drug-likeness (QED) is 0.654. The van der Waals surface area contributed by atoms with Gasteiger partial charge in [-0.2, -0.15) is 0 Å². The summed E-state index contributed by atoms with van der Waals surface area (Å²) in [4.78, 5) is 22.6. The van der Waals surface area contributed by atoms with Crippen molar-refractivity contribution in [3.63, 3.8) is 0 Å². The van der Waals surface area contributed by atoms with Gasteiger partial charge in [0.15, 0.2) is 6.04 Å². The van der Waals surface area contributed by atoms with Crippen LogP contribution in [0.2, 0.25) is 0 Å². The number of aliphatic hydroxyl groups is 1. The molecule has 0 heterocycles. The largest absolute Gasteiger partial charge is 0.507 e. The van der Waals surface area contributed by atoms with Gasteiger partial charge in [0.1, 0.15) is 5.75 Å². The molecule has 2 unspecified atom stereocenters. The molecule has 0 saturated heterocycles. The molecule has 1 rings (SSSR count). The summed E-state index contributed by atoms with van der Waals surface area (Å²) in [7, 11) is 0. The van der Waals surface area contributed by atoms with Gasteiger partial charge >= 0.3 is 5.97 Å². The van der Waals surface area contributed by atoms with Crippen molar-refractivity contribution >= 4 is 27.8 Å². The van der Waals surface area contributed by atoms with E-state index >= 15 is 0 Å². The number of carboxylic acids is 1. The normalized spacial score (nSPS) is 13.7. The molecule has 0 aliphatic carbocycles. The number of aliphatic hydroxyl groups excluding tert-OH is 1. The fourth-order valence-electron chi connectivity index (χ4n) is 1.30. The maximum Gasteiger partial charge on any atom is 0.328 e. The zero-order valence-corrected chi connectivity index (χ0v) is 11.0. The fraction of sp³-hybridized carbons (Fsp3) is 0.273. The Bertz CT molecular complexity index is 475. The molecular formula is C11H12BrNO5. The van der Waals surface area contributed by atoms with Crippen LogP contribution in [0.5, 0.6) is 5.75 Å². The molecule has 7 heteroatoms. The summed E-state index contributed by atoms with van der Waals surface area (Å²) in [5.41, 5.74) is -0.0729. The van der Waals surface area contributed by atoms with Crippen LogP contribution in [0.1, 0.15) is 17.3 Å². The molecule has 2 atom stereocenters. The van der Waals surface area contributed by atoms with Crippen molar-refractivity contribution in [1.29, 1.82) is 0 Å². The number of aromatic hydroxyl groups is 1. The average molecular weight is 318 g/mol. The van der Waals surface area contributed by atoms with Crippen LogP contribution in [-0.4, -0.2) is 39.3 Å². The number of nitrogens with one attached hydrogen (secondary N) is 1. The lowest BCUT2D eigenvalue weighted by atomic mass is 10.1. The first-order chi connectivity index (χ1) is 8.32. The van der Waals surface area contributed by atoms with Crippen LogP contribution in [0.3, 0.4) is 0 Å². The van der Waals surface area contributed by atoms with Gasteiger partial charge in [-0.15, -0.1) is 0 Å². The summed E-state index contributed by atoms with van der Waals surface area (Å²) in [6.45, 7) is 1.25. The average Bonchev–Trinajstić information content (AvgIpc) is 2.28. The van der Waals surface area contributed by atoms with Gasteiger partial charge in [-0.05, 0) is 25.1 Å². The number of phenolic OH excluding ortho intramolecular Hbond substituents is 1. The molecule has 0 aliphatic rings. The maximum absolute atomic E-state index is 11.8. The first-order valence-electron chi connectivity index (χ1n) is 5.03. The molecule has 0 saturated carbocycles. The third-order valence-corrected chi connectivity index (χ3v) is 2.73. The van der Waals surface area contributed by atoms with Crippen molar-refractivity contribution in [1.82, 2.24) is 5.32 Å². The zero-order valence-electron chi connectivity index (χ0n) is 9.42. The van der Waals surface area contributed by atoms with E-state index in [0.29, 0.717) is 4.47 Å². The van der Waals surface area contributed by atoms with E-state index in [1.54, 1.807) is 0 Å². The Kier molecular flexibility index (Phi) is 4.69. The molecule has 6 nitrogen and oxygen atoms in total. The van der Waals surface area contributed by atoms with E-state index in [-0.39, 0.29) is 11.3 Å². The number of hydrogen-bond acceptors (Lipinski definition) is 4. The molecule has 18 heavy (non-hydrogen) atoms. The van der Waals surface area contributed by atoms with E-state index in [2.05, 4.69) is 21.2 Å². The first-order valence-corrected chi connectivity index (χ1v) is 5.82. The zero-order chi connectivity index (χ0) is 13.9. The number of amides is 1. The van der Waals surface area contributed by atoms with Crippen LogP contribution in [0.25, 0.3) is 0 Å². The molecule has 98 valence electrons. The number of hydrogen-bond donors (Lipinski definition) is 4. The molecule has 0 radical (unpaired) electrons. The number of rotatable bonds is 4. The number of halogens is 1. The van der Waals surface area contributed by atoms with E-state index < -0.39 is 24.0 Å². The lowest BCUT2D eigenvalue weighted by molar-refractivity contribution is -0.141. The third-order valence-electron chi connectivity index (χ3n) is 2.24. The summed E-state index contributed by atoms with van der Waals surface area (Å²) < 4.78 is 0.564. The number of carbonyl (C=O) groups excluding carboxylic acids is 1. The summed E-state index contributed by atoms with van der Waals surface area (Å²) >= 11 is 3.13. The minimum absolute atomic E-state index is 0.0729. The topological polar surface area (TPSA) is 107 Å². The number of phenols is 1. The highest BCUT2D eigenvalue weighted by Crippen LogP contribution is 2.21. The minimum atomic E-state index is -1.43. The summed E-state index contributed by atoms with van der Waals surface area (Å²) in [5, 5.41) is 29.7. The van der Waals surface area contributed by atoms with Crippen LogP contribution in [0.4, 0.5) is 0 Å². The molecule has 1 amide bonds. The lowest BCUT2D eigenvalue weighted by Gasteiger charge is -2.17. The molecule has 0 aliphatic heterocycles. The molecule has 4 N–H and O–H groups in total. The monoisotopic (exact) mass is 317 g/mol. The van der Waals surface area contributed by atoms with Crippen molar-refractivity contribution in [3.05, 3.63) is 28.2 Å². The molecule has 1 aromatic rings. The standard InChI is InChI=1S/C11H12BrNO5/c1-5(14)9(11(17)18)13-10(16)7-4-6(12)2-3-8(7)15/h2-5,9,14-15H,1H3,(H,13,16)(H,17,18). The van der Waals surface area contributed by atoms with E-state index in [4.69, 9.17) is 5.11 Å². The first kappa shape index (κ1) is 14.5. The Hall–Kier alpha value is -1.60. The predicted octanol–water partition coefficient (Wildman–Crippen LogP) is 0.718. The highest BCUT2D eigenvalue weighted by molar-refractivity contribution is 9.10. The second-order valence-corrected chi connectivity index (χ2v) is 4.61. The van der Waals surface area contributed by atoms with Gasteiger partial charge in [-0.3, -0.25) is 4.79 Å². The van der Waals surface area contributed by atoms with Crippen molar-refractivity contribution in [2.24, 2.45) is 0 Å². The maximum atomic E-state index is 11.8. The smallest absolute Gasteiger partial charge is 0.328 e. The van der Waals surface area contributed by atoms with Gasteiger partial charge in [-0.25, -0.2) is 4.79 Å². The Balaban J connectivity index is 2.94. The van der Waals surface area contributed by atoms with Gasteiger partial charge < -0.3 is 20.6 Å². The molecule has 0 spiro atoms. The van der Waals surface area contributed by atoms with Crippen LogP contribution < -0.4 is 5.32 Å². The van der Waals surface area contributed by atoms with Gasteiger partial charge in [0.05, 0.1) is 11.7 Å².